The second-order valence-corrected chi connectivity index (χ2v) is 21.0. The summed E-state index contributed by atoms with van der Waals surface area (Å²) in [6, 6.07) is 0. The van der Waals surface area contributed by atoms with Crippen molar-refractivity contribution >= 4 is 24.2 Å². The summed E-state index contributed by atoms with van der Waals surface area (Å²) < 4.78 is 41.8. The molecular formula is C60H116N4O11. The fourth-order valence-corrected chi connectivity index (χ4v) is 8.99. The number of carbonyl (C=O) groups excluding carboxylic acids is 3. The molecule has 2 amide bonds. The zero-order valence-corrected chi connectivity index (χ0v) is 48.7. The highest BCUT2D eigenvalue weighted by atomic mass is 16.7. The molecule has 1 fully saturated rings. The highest BCUT2D eigenvalue weighted by molar-refractivity contribution is 6.01. The molecule has 1 rings (SSSR count). The zero-order valence-electron chi connectivity index (χ0n) is 48.7. The van der Waals surface area contributed by atoms with E-state index in [4.69, 9.17) is 38.0 Å². The maximum Gasteiger partial charge on any atom is 0.335 e. The van der Waals surface area contributed by atoms with Crippen LogP contribution in [0.2, 0.25) is 0 Å². The molecule has 2 N–H and O–H groups in total. The third-order valence-electron chi connectivity index (χ3n) is 13.7. The van der Waals surface area contributed by atoms with Gasteiger partial charge in [0.15, 0.2) is 6.40 Å². The number of rotatable bonds is 62. The fraction of sp³-hybridized carbons (Fsp3) is 0.933. The molecule has 1 saturated heterocycles. The number of hydroxylamine groups is 2. The molecule has 0 aliphatic carbocycles. The summed E-state index contributed by atoms with van der Waals surface area (Å²) in [4.78, 5) is 45.8. The predicted molar refractivity (Wildman–Crippen MR) is 304 cm³/mol. The van der Waals surface area contributed by atoms with Crippen molar-refractivity contribution in [3.8, 4) is 0 Å². The number of amides is 2. The Morgan fingerprint density at radius 1 is 0.467 bits per heavy atom. The number of aliphatic imine (C=N–C) groups is 1. The van der Waals surface area contributed by atoms with Gasteiger partial charge in [-0.25, -0.2) is 4.79 Å². The molecule has 0 saturated carbocycles. The molecule has 1 aliphatic rings. The molecule has 0 atom stereocenters. The lowest BCUT2D eigenvalue weighted by molar-refractivity contribution is -0.198. The lowest BCUT2D eigenvalue weighted by Gasteiger charge is -2.33. The largest absolute Gasteiger partial charge is 0.484 e. The van der Waals surface area contributed by atoms with E-state index >= 15 is 0 Å². The molecule has 0 spiro atoms. The number of hydrogen-bond acceptors (Lipinski definition) is 14. The van der Waals surface area contributed by atoms with Crippen molar-refractivity contribution in [3.63, 3.8) is 0 Å². The monoisotopic (exact) mass is 1070 g/mol. The van der Waals surface area contributed by atoms with Crippen molar-refractivity contribution in [2.75, 3.05) is 106 Å². The standard InChI is InChI=1S/C60H116N4O11/c1-4-7-9-11-13-15-17-19-21-23-25-27-29-31-33-44-73-55-62-42-36-47-70-51-60(50-69-46-35-41-61-54-68-6-3,53-72-49-40-59(67)75-64-57(65)38-39-58(64)66)52-71-48-37-43-63-56-74-45-34-32-30-28-26-24-22-20-18-16-14-12-10-8-5-2/h54,62-63H,4-53,55-56H2,1-3H3. The highest BCUT2D eigenvalue weighted by Crippen LogP contribution is 2.22. The summed E-state index contributed by atoms with van der Waals surface area (Å²) in [5.41, 5.74) is -0.674. The van der Waals surface area contributed by atoms with Gasteiger partial charge in [0.2, 0.25) is 0 Å². The van der Waals surface area contributed by atoms with Gasteiger partial charge in [0, 0.05) is 52.4 Å². The van der Waals surface area contributed by atoms with Crippen LogP contribution in [0.3, 0.4) is 0 Å². The molecular weight excluding hydrogens is 953 g/mol. The first kappa shape index (κ1) is 70.8. The number of imide groups is 1. The molecule has 75 heavy (non-hydrogen) atoms. The molecule has 1 aliphatic heterocycles. The van der Waals surface area contributed by atoms with E-state index in [0.29, 0.717) is 77.7 Å². The maximum absolute atomic E-state index is 12.5. The number of carbonyl (C=O) groups is 3. The van der Waals surface area contributed by atoms with Gasteiger partial charge in [-0.2, -0.15) is 0 Å². The minimum absolute atomic E-state index is 0.0234. The van der Waals surface area contributed by atoms with Gasteiger partial charge in [-0.05, 0) is 52.1 Å². The molecule has 15 heteroatoms. The second kappa shape index (κ2) is 56.5. The Morgan fingerprint density at radius 3 is 1.20 bits per heavy atom. The van der Waals surface area contributed by atoms with Crippen LogP contribution in [0.25, 0.3) is 0 Å². The van der Waals surface area contributed by atoms with E-state index in [1.807, 2.05) is 6.92 Å². The van der Waals surface area contributed by atoms with Crippen molar-refractivity contribution in [2.45, 2.75) is 252 Å². The smallest absolute Gasteiger partial charge is 0.335 e. The van der Waals surface area contributed by atoms with E-state index in [1.165, 1.54) is 186 Å². The first-order chi connectivity index (χ1) is 37.0. The van der Waals surface area contributed by atoms with Gasteiger partial charge in [0.1, 0.15) is 0 Å². The van der Waals surface area contributed by atoms with Crippen LogP contribution in [0, 0.1) is 5.41 Å². The van der Waals surface area contributed by atoms with Crippen molar-refractivity contribution in [2.24, 2.45) is 10.4 Å². The van der Waals surface area contributed by atoms with Crippen molar-refractivity contribution in [1.29, 1.82) is 0 Å². The Labute approximate surface area is 458 Å². The van der Waals surface area contributed by atoms with Gasteiger partial charge in [0.05, 0.1) is 64.9 Å². The predicted octanol–water partition coefficient (Wildman–Crippen LogP) is 13.1. The van der Waals surface area contributed by atoms with Crippen molar-refractivity contribution in [3.05, 3.63) is 0 Å². The summed E-state index contributed by atoms with van der Waals surface area (Å²) in [5, 5.41) is 7.32. The molecule has 0 aromatic carbocycles. The molecule has 1 heterocycles. The molecule has 0 radical (unpaired) electrons. The van der Waals surface area contributed by atoms with E-state index in [9.17, 15) is 14.4 Å². The van der Waals surface area contributed by atoms with Crippen LogP contribution in [-0.4, -0.2) is 135 Å². The molecule has 0 aromatic rings. The molecule has 0 bridgehead atoms. The number of unbranched alkanes of at least 4 members (excludes halogenated alkanes) is 28. The van der Waals surface area contributed by atoms with Crippen LogP contribution in [0.5, 0.6) is 0 Å². The van der Waals surface area contributed by atoms with Gasteiger partial charge in [-0.3, -0.25) is 25.2 Å². The zero-order chi connectivity index (χ0) is 54.1. The molecule has 442 valence electrons. The van der Waals surface area contributed by atoms with Crippen molar-refractivity contribution < 1.29 is 52.4 Å². The normalized spacial score (nSPS) is 13.1. The van der Waals surface area contributed by atoms with Crippen LogP contribution in [0.15, 0.2) is 4.99 Å². The lowest BCUT2D eigenvalue weighted by atomic mass is 9.92. The SMILES string of the molecule is CCCCCCCCCCCCCCCCCOCNCCCOCC(COCCCN=COCC)(COCCCNCOCCCCCCCCCCCCCCCCC)COCCC(=O)ON1C(=O)CCC1=O. The van der Waals surface area contributed by atoms with Crippen LogP contribution in [0.1, 0.15) is 252 Å². The third-order valence-corrected chi connectivity index (χ3v) is 13.7. The quantitative estimate of drug-likeness (QED) is 0.0195. The molecule has 15 nitrogen and oxygen atoms in total. The van der Waals surface area contributed by atoms with E-state index in [1.54, 1.807) is 0 Å². The Balaban J connectivity index is 2.44. The van der Waals surface area contributed by atoms with Gasteiger partial charge < -0.3 is 38.0 Å². The Kier molecular flexibility index (Phi) is 53.3. The van der Waals surface area contributed by atoms with E-state index < -0.39 is 23.2 Å². The first-order valence-electron chi connectivity index (χ1n) is 31.0. The summed E-state index contributed by atoms with van der Waals surface area (Å²) >= 11 is 0. The number of nitrogens with one attached hydrogen (secondary N) is 2. The first-order valence-corrected chi connectivity index (χ1v) is 31.0. The van der Waals surface area contributed by atoms with Gasteiger partial charge in [-0.15, -0.1) is 5.06 Å². The third kappa shape index (κ3) is 47.5. The van der Waals surface area contributed by atoms with E-state index in [-0.39, 0.29) is 32.5 Å². The van der Waals surface area contributed by atoms with E-state index in [0.717, 1.165) is 52.0 Å². The molecule has 0 aromatic heterocycles. The van der Waals surface area contributed by atoms with E-state index in [2.05, 4.69) is 29.5 Å². The summed E-state index contributed by atoms with van der Waals surface area (Å²) in [7, 11) is 0. The van der Waals surface area contributed by atoms with Gasteiger partial charge >= 0.3 is 5.97 Å². The number of ether oxygens (including phenoxy) is 7. The average molecular weight is 1070 g/mol. The lowest BCUT2D eigenvalue weighted by Crippen LogP contribution is -2.42. The van der Waals surface area contributed by atoms with Crippen molar-refractivity contribution in [1.82, 2.24) is 15.7 Å². The molecule has 0 unspecified atom stereocenters. The fourth-order valence-electron chi connectivity index (χ4n) is 8.99. The summed E-state index contributed by atoms with van der Waals surface area (Å²) in [6.07, 6.45) is 44.3. The highest BCUT2D eigenvalue weighted by Gasteiger charge is 2.34. The van der Waals surface area contributed by atoms with Crippen LogP contribution < -0.4 is 10.6 Å². The summed E-state index contributed by atoms with van der Waals surface area (Å²) in [6.45, 7) is 14.4. The Hall–Kier alpha value is -2.24. The minimum Gasteiger partial charge on any atom is -0.484 e. The van der Waals surface area contributed by atoms with Gasteiger partial charge in [-0.1, -0.05) is 194 Å². The Morgan fingerprint density at radius 2 is 0.813 bits per heavy atom. The van der Waals surface area contributed by atoms with Crippen LogP contribution >= 0.6 is 0 Å². The summed E-state index contributed by atoms with van der Waals surface area (Å²) in [5.74, 6) is -1.74. The number of nitrogens with zero attached hydrogens (tertiary/aromatic N) is 2. The van der Waals surface area contributed by atoms with Crippen LogP contribution in [0.4, 0.5) is 0 Å². The maximum atomic E-state index is 12.5. The average Bonchev–Trinajstić information content (AvgIpc) is 3.73. The second-order valence-electron chi connectivity index (χ2n) is 21.0. The van der Waals surface area contributed by atoms with Gasteiger partial charge in [0.25, 0.3) is 11.8 Å². The number of hydrogen-bond donors (Lipinski definition) is 2. The topological polar surface area (TPSA) is 165 Å². The Bertz CT molecular complexity index is 1210. The van der Waals surface area contributed by atoms with Crippen LogP contribution in [-0.2, 0) is 52.4 Å². The minimum atomic E-state index is -0.710.